The van der Waals surface area contributed by atoms with Gasteiger partial charge in [-0.2, -0.15) is 0 Å². The van der Waals surface area contributed by atoms with Crippen molar-refractivity contribution >= 4 is 0 Å². The molecule has 0 aliphatic carbocycles. The number of benzene rings is 2. The van der Waals surface area contributed by atoms with Gasteiger partial charge in [-0.05, 0) is 42.3 Å². The highest BCUT2D eigenvalue weighted by Crippen LogP contribution is 2.32. The maximum absolute atomic E-state index is 13.3. The molecule has 0 aromatic heterocycles. The highest BCUT2D eigenvalue weighted by Gasteiger charge is 2.10. The van der Waals surface area contributed by atoms with Crippen LogP contribution in [-0.4, -0.2) is 5.11 Å². The molecule has 0 fully saturated rings. The highest BCUT2D eigenvalue weighted by atomic mass is 19.1. The van der Waals surface area contributed by atoms with Crippen molar-refractivity contribution in [2.75, 3.05) is 0 Å². The van der Waals surface area contributed by atoms with Crippen LogP contribution < -0.4 is 0 Å². The maximum Gasteiger partial charge on any atom is 0.126 e. The molecule has 1 nitrogen and oxygen atoms in total. The van der Waals surface area contributed by atoms with Crippen LogP contribution in [0.25, 0.3) is 11.1 Å². The molecule has 1 N–H and O–H groups in total. The zero-order valence-corrected chi connectivity index (χ0v) is 8.67. The lowest BCUT2D eigenvalue weighted by Crippen LogP contribution is -1.89. The van der Waals surface area contributed by atoms with E-state index in [4.69, 9.17) is 0 Å². The summed E-state index contributed by atoms with van der Waals surface area (Å²) in [5.74, 6) is -0.896. The van der Waals surface area contributed by atoms with Crippen LogP contribution >= 0.6 is 0 Å². The third kappa shape index (κ3) is 1.76. The highest BCUT2D eigenvalue weighted by molar-refractivity contribution is 5.72. The van der Waals surface area contributed by atoms with Crippen LogP contribution in [0, 0.1) is 18.6 Å². The molecule has 0 atom stereocenters. The van der Waals surface area contributed by atoms with Gasteiger partial charge in [0.1, 0.15) is 17.4 Å². The SMILES string of the molecule is Cc1c(F)cccc1-c1cc(F)ccc1O. The van der Waals surface area contributed by atoms with E-state index in [1.807, 2.05) is 0 Å². The van der Waals surface area contributed by atoms with Crippen LogP contribution in [0.4, 0.5) is 8.78 Å². The molecule has 0 saturated heterocycles. The third-order valence-electron chi connectivity index (χ3n) is 2.52. The van der Waals surface area contributed by atoms with Crippen molar-refractivity contribution in [2.24, 2.45) is 0 Å². The van der Waals surface area contributed by atoms with Gasteiger partial charge in [-0.15, -0.1) is 0 Å². The summed E-state index contributed by atoms with van der Waals surface area (Å²) in [6, 6.07) is 8.11. The first-order valence-corrected chi connectivity index (χ1v) is 4.83. The monoisotopic (exact) mass is 220 g/mol. The summed E-state index contributed by atoms with van der Waals surface area (Å²) in [6.07, 6.45) is 0. The second-order valence-corrected chi connectivity index (χ2v) is 3.57. The zero-order chi connectivity index (χ0) is 11.7. The van der Waals surface area contributed by atoms with E-state index in [-0.39, 0.29) is 11.6 Å². The molecule has 2 aromatic rings. The molecule has 16 heavy (non-hydrogen) atoms. The van der Waals surface area contributed by atoms with Crippen molar-refractivity contribution in [1.29, 1.82) is 0 Å². The quantitative estimate of drug-likeness (QED) is 0.777. The topological polar surface area (TPSA) is 20.2 Å². The molecule has 0 amide bonds. The maximum atomic E-state index is 13.3. The van der Waals surface area contributed by atoms with E-state index in [2.05, 4.69) is 0 Å². The number of hydrogen-bond acceptors (Lipinski definition) is 1. The molecule has 0 saturated carbocycles. The molecule has 82 valence electrons. The number of rotatable bonds is 1. The molecule has 0 bridgehead atoms. The molecular formula is C13H10F2O. The van der Waals surface area contributed by atoms with Gasteiger partial charge in [-0.25, -0.2) is 8.78 Å². The molecule has 0 unspecified atom stereocenters. The van der Waals surface area contributed by atoms with Crippen LogP contribution in [0.1, 0.15) is 5.56 Å². The number of phenols is 1. The van der Waals surface area contributed by atoms with Crippen molar-refractivity contribution in [3.8, 4) is 16.9 Å². The fourth-order valence-corrected chi connectivity index (χ4v) is 1.62. The Balaban J connectivity index is 2.67. The van der Waals surface area contributed by atoms with Gasteiger partial charge in [0.2, 0.25) is 0 Å². The minimum atomic E-state index is -0.462. The fraction of sp³-hybridized carbons (Fsp3) is 0.0769. The third-order valence-corrected chi connectivity index (χ3v) is 2.52. The lowest BCUT2D eigenvalue weighted by atomic mass is 9.99. The predicted molar refractivity (Wildman–Crippen MR) is 58.2 cm³/mol. The molecule has 2 rings (SSSR count). The van der Waals surface area contributed by atoms with E-state index in [9.17, 15) is 13.9 Å². The summed E-state index contributed by atoms with van der Waals surface area (Å²) >= 11 is 0. The Morgan fingerprint density at radius 1 is 1.00 bits per heavy atom. The average Bonchev–Trinajstić information content (AvgIpc) is 2.26. The van der Waals surface area contributed by atoms with Crippen molar-refractivity contribution < 1.29 is 13.9 Å². The van der Waals surface area contributed by atoms with Crippen LogP contribution in [0.5, 0.6) is 5.75 Å². The average molecular weight is 220 g/mol. The lowest BCUT2D eigenvalue weighted by Gasteiger charge is -2.08. The van der Waals surface area contributed by atoms with Gasteiger partial charge in [0.05, 0.1) is 0 Å². The zero-order valence-electron chi connectivity index (χ0n) is 8.67. The summed E-state index contributed by atoms with van der Waals surface area (Å²) < 4.78 is 26.4. The Kier molecular flexibility index (Phi) is 2.60. The largest absolute Gasteiger partial charge is 0.507 e. The molecule has 0 radical (unpaired) electrons. The Hall–Kier alpha value is -1.90. The van der Waals surface area contributed by atoms with E-state index in [1.54, 1.807) is 13.0 Å². The van der Waals surface area contributed by atoms with Crippen molar-refractivity contribution in [2.45, 2.75) is 6.92 Å². The summed E-state index contributed by atoms with van der Waals surface area (Å²) in [5.41, 5.74) is 1.19. The standard InChI is InChI=1S/C13H10F2O/c1-8-10(3-2-4-12(8)15)11-7-9(14)5-6-13(11)16/h2-7,16H,1H3. The summed E-state index contributed by atoms with van der Waals surface area (Å²) in [6.45, 7) is 1.59. The van der Waals surface area contributed by atoms with Gasteiger partial charge in [0.25, 0.3) is 0 Å². The number of hydrogen-bond donors (Lipinski definition) is 1. The smallest absolute Gasteiger partial charge is 0.126 e. The second-order valence-electron chi connectivity index (χ2n) is 3.57. The first-order valence-electron chi connectivity index (χ1n) is 4.83. The van der Waals surface area contributed by atoms with Gasteiger partial charge in [-0.3, -0.25) is 0 Å². The van der Waals surface area contributed by atoms with E-state index < -0.39 is 5.82 Å². The minimum Gasteiger partial charge on any atom is -0.507 e. The normalized spacial score (nSPS) is 10.4. The number of phenolic OH excluding ortho intramolecular Hbond substituents is 1. The van der Waals surface area contributed by atoms with E-state index >= 15 is 0 Å². The summed E-state index contributed by atoms with van der Waals surface area (Å²) in [4.78, 5) is 0. The minimum absolute atomic E-state index is 0.0601. The molecule has 0 heterocycles. The van der Waals surface area contributed by atoms with E-state index in [0.717, 1.165) is 6.07 Å². The van der Waals surface area contributed by atoms with Gasteiger partial charge < -0.3 is 5.11 Å². The van der Waals surface area contributed by atoms with Crippen molar-refractivity contribution in [3.63, 3.8) is 0 Å². The molecular weight excluding hydrogens is 210 g/mol. The number of halogens is 2. The molecule has 0 aliphatic heterocycles. The number of aromatic hydroxyl groups is 1. The molecule has 2 aromatic carbocycles. The van der Waals surface area contributed by atoms with Gasteiger partial charge >= 0.3 is 0 Å². The van der Waals surface area contributed by atoms with Gasteiger partial charge in [0, 0.05) is 5.56 Å². The van der Waals surface area contributed by atoms with Crippen molar-refractivity contribution in [1.82, 2.24) is 0 Å². The van der Waals surface area contributed by atoms with Gasteiger partial charge in [-0.1, -0.05) is 12.1 Å². The van der Waals surface area contributed by atoms with Crippen LogP contribution in [-0.2, 0) is 0 Å². The van der Waals surface area contributed by atoms with Crippen LogP contribution in [0.2, 0.25) is 0 Å². The Morgan fingerprint density at radius 3 is 2.50 bits per heavy atom. The fourth-order valence-electron chi connectivity index (χ4n) is 1.62. The Bertz CT molecular complexity index is 535. The van der Waals surface area contributed by atoms with E-state index in [1.165, 1.54) is 24.3 Å². The molecule has 3 heteroatoms. The van der Waals surface area contributed by atoms with Crippen molar-refractivity contribution in [3.05, 3.63) is 53.6 Å². The second kappa shape index (κ2) is 3.93. The Labute approximate surface area is 92.0 Å². The summed E-state index contributed by atoms with van der Waals surface area (Å²) in [7, 11) is 0. The Morgan fingerprint density at radius 2 is 1.75 bits per heavy atom. The predicted octanol–water partition coefficient (Wildman–Crippen LogP) is 3.65. The van der Waals surface area contributed by atoms with E-state index in [0.29, 0.717) is 16.7 Å². The molecule has 0 aliphatic rings. The van der Waals surface area contributed by atoms with Crippen LogP contribution in [0.15, 0.2) is 36.4 Å². The molecule has 0 spiro atoms. The van der Waals surface area contributed by atoms with Gasteiger partial charge in [0.15, 0.2) is 0 Å². The van der Waals surface area contributed by atoms with Crippen LogP contribution in [0.3, 0.4) is 0 Å². The first kappa shape index (κ1) is 10.6. The summed E-state index contributed by atoms with van der Waals surface area (Å²) in [5, 5.41) is 9.61. The first-order chi connectivity index (χ1) is 7.59. The lowest BCUT2D eigenvalue weighted by molar-refractivity contribution is 0.475.